The predicted octanol–water partition coefficient (Wildman–Crippen LogP) is 3.86. The van der Waals surface area contributed by atoms with Crippen LogP contribution in [0.4, 0.5) is 22.0 Å². The van der Waals surface area contributed by atoms with Gasteiger partial charge >= 0.3 is 12.1 Å². The van der Waals surface area contributed by atoms with Crippen LogP contribution in [-0.4, -0.2) is 31.1 Å². The van der Waals surface area contributed by atoms with E-state index in [0.29, 0.717) is 0 Å². The molecule has 0 N–H and O–H groups in total. The SMILES string of the molecule is CCOc1cccc(OCC)c1C(=O)C(F)(F)C(F)(F)F. The van der Waals surface area contributed by atoms with Crippen LogP contribution >= 0.6 is 0 Å². The maximum Gasteiger partial charge on any atom is 0.461 e. The highest BCUT2D eigenvalue weighted by molar-refractivity contribution is 6.06. The first-order valence-corrected chi connectivity index (χ1v) is 6.04. The molecule has 3 nitrogen and oxygen atoms in total. The summed E-state index contributed by atoms with van der Waals surface area (Å²) in [5.74, 6) is -8.68. The summed E-state index contributed by atoms with van der Waals surface area (Å²) in [6, 6.07) is 3.59. The summed E-state index contributed by atoms with van der Waals surface area (Å²) in [5.41, 5.74) is -0.913. The van der Waals surface area contributed by atoms with Gasteiger partial charge in [-0.15, -0.1) is 0 Å². The Labute approximate surface area is 117 Å². The molecule has 0 aliphatic carbocycles. The third-order valence-electron chi connectivity index (χ3n) is 2.46. The lowest BCUT2D eigenvalue weighted by Gasteiger charge is -2.21. The summed E-state index contributed by atoms with van der Waals surface area (Å²) >= 11 is 0. The third kappa shape index (κ3) is 3.43. The van der Waals surface area contributed by atoms with Gasteiger partial charge in [-0.1, -0.05) is 6.07 Å². The van der Waals surface area contributed by atoms with Crippen molar-refractivity contribution >= 4 is 5.78 Å². The molecule has 0 atom stereocenters. The van der Waals surface area contributed by atoms with Crippen LogP contribution in [0.25, 0.3) is 0 Å². The second-order valence-corrected chi connectivity index (χ2v) is 3.90. The van der Waals surface area contributed by atoms with Crippen molar-refractivity contribution in [2.45, 2.75) is 25.9 Å². The summed E-state index contributed by atoms with van der Waals surface area (Å²) in [6.45, 7) is 2.99. The first-order chi connectivity index (χ1) is 9.66. The molecule has 1 aromatic carbocycles. The molecular weight excluding hydrogens is 299 g/mol. The van der Waals surface area contributed by atoms with E-state index in [1.165, 1.54) is 19.9 Å². The lowest BCUT2D eigenvalue weighted by Crippen LogP contribution is -2.44. The maximum atomic E-state index is 13.3. The lowest BCUT2D eigenvalue weighted by atomic mass is 10.0. The van der Waals surface area contributed by atoms with Crippen molar-refractivity contribution in [3.05, 3.63) is 23.8 Å². The van der Waals surface area contributed by atoms with Gasteiger partial charge in [-0.3, -0.25) is 4.79 Å². The minimum atomic E-state index is -5.99. The van der Waals surface area contributed by atoms with Crippen LogP contribution in [0.2, 0.25) is 0 Å². The number of ketones is 1. The zero-order valence-electron chi connectivity index (χ0n) is 11.3. The molecule has 0 aromatic heterocycles. The maximum absolute atomic E-state index is 13.3. The van der Waals surface area contributed by atoms with Crippen LogP contribution in [0, 0.1) is 0 Å². The van der Waals surface area contributed by atoms with Crippen LogP contribution < -0.4 is 9.47 Å². The molecule has 0 saturated carbocycles. The number of ether oxygens (including phenoxy) is 2. The van der Waals surface area contributed by atoms with Crippen LogP contribution in [-0.2, 0) is 0 Å². The average Bonchev–Trinajstić information content (AvgIpc) is 2.37. The molecule has 0 fully saturated rings. The smallest absolute Gasteiger partial charge is 0.461 e. The number of rotatable bonds is 6. The van der Waals surface area contributed by atoms with Gasteiger partial charge in [-0.2, -0.15) is 22.0 Å². The number of benzene rings is 1. The van der Waals surface area contributed by atoms with E-state index in [2.05, 4.69) is 0 Å². The molecule has 0 aliphatic rings. The van der Waals surface area contributed by atoms with E-state index in [-0.39, 0.29) is 24.7 Å². The number of hydrogen-bond acceptors (Lipinski definition) is 3. The van der Waals surface area contributed by atoms with E-state index in [9.17, 15) is 26.7 Å². The van der Waals surface area contributed by atoms with Crippen molar-refractivity contribution in [2.24, 2.45) is 0 Å². The van der Waals surface area contributed by atoms with E-state index in [1.807, 2.05) is 0 Å². The minimum Gasteiger partial charge on any atom is -0.493 e. The number of hydrogen-bond donors (Lipinski definition) is 0. The Balaban J connectivity index is 3.41. The number of carbonyl (C=O) groups excluding carboxylic acids is 1. The van der Waals surface area contributed by atoms with Crippen LogP contribution in [0.3, 0.4) is 0 Å². The summed E-state index contributed by atoms with van der Waals surface area (Å²) in [7, 11) is 0. The molecule has 0 amide bonds. The zero-order valence-corrected chi connectivity index (χ0v) is 11.3. The Hall–Kier alpha value is -1.86. The van der Waals surface area contributed by atoms with Gasteiger partial charge in [0, 0.05) is 0 Å². The van der Waals surface area contributed by atoms with Gasteiger partial charge in [0.05, 0.1) is 13.2 Å². The van der Waals surface area contributed by atoms with Gasteiger partial charge in [0.1, 0.15) is 17.1 Å². The molecule has 1 rings (SSSR count). The molecule has 0 radical (unpaired) electrons. The zero-order chi connectivity index (χ0) is 16.3. The molecule has 0 aliphatic heterocycles. The Morgan fingerprint density at radius 3 is 1.76 bits per heavy atom. The largest absolute Gasteiger partial charge is 0.493 e. The number of carbonyl (C=O) groups is 1. The summed E-state index contributed by atoms with van der Waals surface area (Å²) in [4.78, 5) is 11.7. The van der Waals surface area contributed by atoms with E-state index in [1.54, 1.807) is 0 Å². The van der Waals surface area contributed by atoms with Crippen molar-refractivity contribution in [1.82, 2.24) is 0 Å². The second-order valence-electron chi connectivity index (χ2n) is 3.90. The molecule has 0 bridgehead atoms. The van der Waals surface area contributed by atoms with Gasteiger partial charge in [0.25, 0.3) is 0 Å². The normalized spacial score (nSPS) is 12.1. The Morgan fingerprint density at radius 2 is 1.43 bits per heavy atom. The van der Waals surface area contributed by atoms with Crippen molar-refractivity contribution in [2.75, 3.05) is 13.2 Å². The van der Waals surface area contributed by atoms with E-state index < -0.39 is 23.4 Å². The second kappa shape index (κ2) is 6.28. The predicted molar refractivity (Wildman–Crippen MR) is 64.1 cm³/mol. The summed E-state index contributed by atoms with van der Waals surface area (Å²) in [5, 5.41) is 0. The third-order valence-corrected chi connectivity index (χ3v) is 2.46. The van der Waals surface area contributed by atoms with E-state index >= 15 is 0 Å². The monoisotopic (exact) mass is 312 g/mol. The molecule has 21 heavy (non-hydrogen) atoms. The van der Waals surface area contributed by atoms with Gasteiger partial charge in [0.15, 0.2) is 0 Å². The van der Waals surface area contributed by atoms with Gasteiger partial charge in [-0.25, -0.2) is 0 Å². The average molecular weight is 312 g/mol. The van der Waals surface area contributed by atoms with Crippen LogP contribution in [0.5, 0.6) is 11.5 Å². The molecular formula is C13H13F5O3. The Bertz CT molecular complexity index is 487. The van der Waals surface area contributed by atoms with Gasteiger partial charge < -0.3 is 9.47 Å². The molecule has 1 aromatic rings. The Kier molecular flexibility index (Phi) is 5.14. The fourth-order valence-electron chi connectivity index (χ4n) is 1.57. The van der Waals surface area contributed by atoms with Crippen LogP contribution in [0.15, 0.2) is 18.2 Å². The fraction of sp³-hybridized carbons (Fsp3) is 0.462. The number of halogens is 5. The first-order valence-electron chi connectivity index (χ1n) is 6.04. The molecule has 0 heterocycles. The topological polar surface area (TPSA) is 35.5 Å². The number of Topliss-reactive ketones (excluding diaryl/α,β-unsaturated/α-hetero) is 1. The van der Waals surface area contributed by atoms with Crippen molar-refractivity contribution < 1.29 is 36.2 Å². The van der Waals surface area contributed by atoms with E-state index in [4.69, 9.17) is 9.47 Å². The number of alkyl halides is 5. The van der Waals surface area contributed by atoms with Gasteiger partial charge in [0.2, 0.25) is 5.78 Å². The Morgan fingerprint density at radius 1 is 1.00 bits per heavy atom. The quantitative estimate of drug-likeness (QED) is 0.591. The highest BCUT2D eigenvalue weighted by Crippen LogP contribution is 2.42. The highest BCUT2D eigenvalue weighted by atomic mass is 19.4. The summed E-state index contributed by atoms with van der Waals surface area (Å²) < 4.78 is 73.5. The standard InChI is InChI=1S/C13H13F5O3/c1-3-20-8-6-5-7-9(21-4-2)10(8)11(19)12(14,15)13(16,17)18/h5-7H,3-4H2,1-2H3. The molecule has 118 valence electrons. The minimum absolute atomic E-state index is 0.00650. The molecule has 0 unspecified atom stereocenters. The van der Waals surface area contributed by atoms with Crippen molar-refractivity contribution in [3.63, 3.8) is 0 Å². The lowest BCUT2D eigenvalue weighted by molar-refractivity contribution is -0.255. The molecule has 8 heteroatoms. The molecule has 0 saturated heterocycles. The highest BCUT2D eigenvalue weighted by Gasteiger charge is 2.64. The molecule has 0 spiro atoms. The van der Waals surface area contributed by atoms with Crippen molar-refractivity contribution in [1.29, 1.82) is 0 Å². The fourth-order valence-corrected chi connectivity index (χ4v) is 1.57. The summed E-state index contributed by atoms with van der Waals surface area (Å²) in [6.07, 6.45) is -5.99. The van der Waals surface area contributed by atoms with E-state index in [0.717, 1.165) is 12.1 Å². The first kappa shape index (κ1) is 17.2. The van der Waals surface area contributed by atoms with Gasteiger partial charge in [-0.05, 0) is 26.0 Å². The van der Waals surface area contributed by atoms with Crippen LogP contribution in [0.1, 0.15) is 24.2 Å². The van der Waals surface area contributed by atoms with Crippen molar-refractivity contribution in [3.8, 4) is 11.5 Å².